The van der Waals surface area contributed by atoms with Crippen molar-refractivity contribution in [1.29, 1.82) is 0 Å². The molecule has 0 unspecified atom stereocenters. The van der Waals surface area contributed by atoms with E-state index in [1.807, 2.05) is 0 Å². The fourth-order valence-corrected chi connectivity index (χ4v) is 1.82. The van der Waals surface area contributed by atoms with Crippen LogP contribution in [0.5, 0.6) is 0 Å². The lowest BCUT2D eigenvalue weighted by Gasteiger charge is -2.27. The van der Waals surface area contributed by atoms with E-state index in [4.69, 9.17) is 16.3 Å². The molecule has 0 bridgehead atoms. The van der Waals surface area contributed by atoms with Gasteiger partial charge in [-0.25, -0.2) is 0 Å². The number of nitrogens with one attached hydrogen (secondary N) is 2. The smallest absolute Gasteiger partial charge is 0.271 e. The van der Waals surface area contributed by atoms with Crippen LogP contribution in [0, 0.1) is 10.1 Å². The van der Waals surface area contributed by atoms with Crippen LogP contribution in [0.1, 0.15) is 6.42 Å². The van der Waals surface area contributed by atoms with Gasteiger partial charge < -0.3 is 15.4 Å². The van der Waals surface area contributed by atoms with Crippen LogP contribution in [0.25, 0.3) is 0 Å². The van der Waals surface area contributed by atoms with Crippen LogP contribution in [0.2, 0.25) is 0 Å². The number of carbonyl (C=O) groups excluding carboxylic acids is 1. The van der Waals surface area contributed by atoms with Crippen LogP contribution in [0.15, 0.2) is 18.2 Å². The Labute approximate surface area is 120 Å². The third-order valence-electron chi connectivity index (χ3n) is 2.92. The number of hydrogen-bond acceptors (Lipinski definition) is 5. The zero-order chi connectivity index (χ0) is 14.5. The molecule has 2 N–H and O–H groups in total. The van der Waals surface area contributed by atoms with Crippen molar-refractivity contribution in [1.82, 2.24) is 0 Å². The number of hydrogen-bond donors (Lipinski definition) is 2. The van der Waals surface area contributed by atoms with Gasteiger partial charge >= 0.3 is 0 Å². The van der Waals surface area contributed by atoms with E-state index in [1.165, 1.54) is 12.1 Å². The van der Waals surface area contributed by atoms with Crippen LogP contribution in [0.3, 0.4) is 0 Å². The van der Waals surface area contributed by atoms with Gasteiger partial charge in [-0.1, -0.05) is 0 Å². The Morgan fingerprint density at radius 1 is 1.50 bits per heavy atom. The summed E-state index contributed by atoms with van der Waals surface area (Å²) in [5, 5.41) is 16.4. The molecular weight excluding hydrogens is 286 g/mol. The summed E-state index contributed by atoms with van der Waals surface area (Å²) in [6, 6.07) is 4.23. The van der Waals surface area contributed by atoms with Crippen LogP contribution < -0.4 is 10.6 Å². The summed E-state index contributed by atoms with van der Waals surface area (Å²) in [7, 11) is 0. The van der Waals surface area contributed by atoms with E-state index in [2.05, 4.69) is 10.6 Å². The number of alkyl halides is 1. The SMILES string of the molecule is O=C(CCl)Nc1cc([N+](=O)[O-])ccc1NC[C@@H]1CCO1. The molecule has 2 rings (SSSR count). The predicted molar refractivity (Wildman–Crippen MR) is 75.3 cm³/mol. The molecule has 1 heterocycles. The molecule has 0 saturated carbocycles. The molecule has 1 aliphatic heterocycles. The fourth-order valence-electron chi connectivity index (χ4n) is 1.76. The van der Waals surface area contributed by atoms with Gasteiger partial charge in [0.2, 0.25) is 5.91 Å². The lowest BCUT2D eigenvalue weighted by Crippen LogP contribution is -2.33. The Morgan fingerprint density at radius 2 is 2.25 bits per heavy atom. The maximum Gasteiger partial charge on any atom is 0.271 e. The van der Waals surface area contributed by atoms with E-state index in [0.717, 1.165) is 13.0 Å². The number of rotatable bonds is 6. The van der Waals surface area contributed by atoms with E-state index in [0.29, 0.717) is 17.9 Å². The van der Waals surface area contributed by atoms with Crippen LogP contribution in [0.4, 0.5) is 17.1 Å². The van der Waals surface area contributed by atoms with Gasteiger partial charge in [0.05, 0.1) is 22.4 Å². The highest BCUT2D eigenvalue weighted by Crippen LogP contribution is 2.27. The summed E-state index contributed by atoms with van der Waals surface area (Å²) in [6.07, 6.45) is 1.12. The van der Waals surface area contributed by atoms with Crippen molar-refractivity contribution >= 4 is 34.6 Å². The third kappa shape index (κ3) is 3.58. The highest BCUT2D eigenvalue weighted by atomic mass is 35.5. The zero-order valence-electron chi connectivity index (χ0n) is 10.6. The lowest BCUT2D eigenvalue weighted by atomic mass is 10.1. The maximum absolute atomic E-state index is 11.4. The second kappa shape index (κ2) is 6.53. The minimum absolute atomic E-state index is 0.0969. The van der Waals surface area contributed by atoms with Crippen LogP contribution in [-0.4, -0.2) is 36.0 Å². The average Bonchev–Trinajstić information content (AvgIpc) is 2.38. The molecule has 0 spiro atoms. The molecule has 108 valence electrons. The summed E-state index contributed by atoms with van der Waals surface area (Å²) < 4.78 is 5.28. The van der Waals surface area contributed by atoms with E-state index in [9.17, 15) is 14.9 Å². The average molecular weight is 300 g/mol. The normalized spacial score (nSPS) is 17.1. The van der Waals surface area contributed by atoms with Gasteiger partial charge in [0.25, 0.3) is 5.69 Å². The van der Waals surface area contributed by atoms with Gasteiger partial charge in [-0.15, -0.1) is 11.6 Å². The third-order valence-corrected chi connectivity index (χ3v) is 3.17. The summed E-state index contributed by atoms with van der Waals surface area (Å²) in [5.41, 5.74) is 0.842. The van der Waals surface area contributed by atoms with Crippen molar-refractivity contribution in [2.75, 3.05) is 29.7 Å². The summed E-state index contributed by atoms with van der Waals surface area (Å²) in [5.74, 6) is -0.636. The van der Waals surface area contributed by atoms with Crippen molar-refractivity contribution in [3.05, 3.63) is 28.3 Å². The summed E-state index contributed by atoms with van der Waals surface area (Å²) in [4.78, 5) is 21.6. The highest BCUT2D eigenvalue weighted by molar-refractivity contribution is 6.29. The molecule has 1 fully saturated rings. The molecule has 20 heavy (non-hydrogen) atoms. The van der Waals surface area contributed by atoms with Gasteiger partial charge in [-0.3, -0.25) is 14.9 Å². The van der Waals surface area contributed by atoms with Crippen molar-refractivity contribution < 1.29 is 14.5 Å². The molecule has 1 amide bonds. The lowest BCUT2D eigenvalue weighted by molar-refractivity contribution is -0.384. The number of carbonyl (C=O) groups is 1. The highest BCUT2D eigenvalue weighted by Gasteiger charge is 2.19. The molecule has 1 saturated heterocycles. The Kier molecular flexibility index (Phi) is 4.75. The standard InChI is InChI=1S/C12H14ClN3O4/c13-6-12(17)15-11-5-8(16(18)19)1-2-10(11)14-7-9-3-4-20-9/h1-2,5,9,14H,3-4,6-7H2,(H,15,17)/t9-/m0/s1. The number of ether oxygens (including phenoxy) is 1. The fraction of sp³-hybridized carbons (Fsp3) is 0.417. The van der Waals surface area contributed by atoms with Crippen LogP contribution >= 0.6 is 11.6 Å². The van der Waals surface area contributed by atoms with E-state index in [-0.39, 0.29) is 17.7 Å². The number of halogens is 1. The first-order chi connectivity index (χ1) is 9.60. The monoisotopic (exact) mass is 299 g/mol. The maximum atomic E-state index is 11.4. The number of nitro benzene ring substituents is 1. The van der Waals surface area contributed by atoms with Gasteiger partial charge in [0.1, 0.15) is 5.88 Å². The molecule has 8 heteroatoms. The summed E-state index contributed by atoms with van der Waals surface area (Å²) in [6.45, 7) is 1.34. The quantitative estimate of drug-likeness (QED) is 0.476. The number of benzene rings is 1. The molecule has 7 nitrogen and oxygen atoms in total. The van der Waals surface area contributed by atoms with Crippen molar-refractivity contribution in [3.63, 3.8) is 0 Å². The molecule has 1 aromatic carbocycles. The van der Waals surface area contributed by atoms with Crippen molar-refractivity contribution in [2.45, 2.75) is 12.5 Å². The number of anilines is 2. The largest absolute Gasteiger partial charge is 0.381 e. The first-order valence-corrected chi connectivity index (χ1v) is 6.63. The van der Waals surface area contributed by atoms with Crippen molar-refractivity contribution in [2.24, 2.45) is 0 Å². The molecule has 1 aliphatic rings. The molecule has 0 aliphatic carbocycles. The molecule has 1 atom stereocenters. The Hall–Kier alpha value is -1.86. The number of nitro groups is 1. The van der Waals surface area contributed by atoms with Gasteiger partial charge in [0.15, 0.2) is 0 Å². The Balaban J connectivity index is 2.14. The van der Waals surface area contributed by atoms with Crippen molar-refractivity contribution in [3.8, 4) is 0 Å². The first kappa shape index (κ1) is 14.5. The second-order valence-electron chi connectivity index (χ2n) is 4.33. The Bertz CT molecular complexity index is 519. The minimum Gasteiger partial charge on any atom is -0.381 e. The predicted octanol–water partition coefficient (Wildman–Crippen LogP) is 1.97. The molecule has 0 radical (unpaired) electrons. The topological polar surface area (TPSA) is 93.5 Å². The second-order valence-corrected chi connectivity index (χ2v) is 4.60. The van der Waals surface area contributed by atoms with Gasteiger partial charge in [-0.2, -0.15) is 0 Å². The first-order valence-electron chi connectivity index (χ1n) is 6.10. The minimum atomic E-state index is -0.519. The van der Waals surface area contributed by atoms with Crippen LogP contribution in [-0.2, 0) is 9.53 Å². The Morgan fingerprint density at radius 3 is 2.80 bits per heavy atom. The van der Waals surface area contributed by atoms with E-state index in [1.54, 1.807) is 6.07 Å². The van der Waals surface area contributed by atoms with Gasteiger partial charge in [-0.05, 0) is 12.5 Å². The van der Waals surface area contributed by atoms with E-state index >= 15 is 0 Å². The zero-order valence-corrected chi connectivity index (χ0v) is 11.4. The van der Waals surface area contributed by atoms with E-state index < -0.39 is 10.8 Å². The summed E-state index contributed by atoms with van der Waals surface area (Å²) >= 11 is 5.43. The molecule has 1 aromatic rings. The molecule has 0 aromatic heterocycles. The molecular formula is C12H14ClN3O4. The number of nitrogens with zero attached hydrogens (tertiary/aromatic N) is 1. The van der Waals surface area contributed by atoms with Gasteiger partial charge in [0, 0.05) is 25.3 Å². The number of amides is 1. The number of non-ortho nitro benzene ring substituents is 1.